The molecule has 0 spiro atoms. The highest BCUT2D eigenvalue weighted by Crippen LogP contribution is 2.48. The maximum atomic E-state index is 12.6. The first kappa shape index (κ1) is 12.9. The van der Waals surface area contributed by atoms with Crippen molar-refractivity contribution in [3.8, 4) is 0 Å². The van der Waals surface area contributed by atoms with Gasteiger partial charge in [0.15, 0.2) is 0 Å². The maximum Gasteiger partial charge on any atom is 0.237 e. The van der Waals surface area contributed by atoms with Gasteiger partial charge in [-0.1, -0.05) is 32.1 Å². The summed E-state index contributed by atoms with van der Waals surface area (Å²) in [5, 5.41) is 0. The first-order valence-corrected chi connectivity index (χ1v) is 6.56. The first-order chi connectivity index (χ1) is 8.47. The second-order valence-electron chi connectivity index (χ2n) is 5.15. The molecule has 0 aromatic heterocycles. The molecule has 0 aliphatic carbocycles. The third-order valence-corrected chi connectivity index (χ3v) is 4.34. The number of anilines is 1. The fourth-order valence-electron chi connectivity index (χ4n) is 2.98. The standard InChI is InChI=1S/C16H21NO/c1-6-16(7-2)12(4)13-10-11(3)8-9-14(13)17(5)15(16)18/h8-10H,4,6-7H2,1-3,5H3. The van der Waals surface area contributed by atoms with Crippen molar-refractivity contribution in [3.05, 3.63) is 35.9 Å². The summed E-state index contributed by atoms with van der Waals surface area (Å²) in [6, 6.07) is 6.20. The molecule has 1 aromatic rings. The van der Waals surface area contributed by atoms with Gasteiger partial charge in [-0.25, -0.2) is 0 Å². The lowest BCUT2D eigenvalue weighted by Gasteiger charge is -2.42. The molecule has 2 rings (SSSR count). The molecule has 1 aromatic carbocycles. The van der Waals surface area contributed by atoms with Gasteiger partial charge in [-0.2, -0.15) is 0 Å². The molecule has 2 heteroatoms. The minimum Gasteiger partial charge on any atom is -0.314 e. The maximum absolute atomic E-state index is 12.6. The average molecular weight is 243 g/mol. The van der Waals surface area contributed by atoms with Crippen LogP contribution in [0.1, 0.15) is 37.8 Å². The van der Waals surface area contributed by atoms with Gasteiger partial charge in [0, 0.05) is 12.6 Å². The van der Waals surface area contributed by atoms with Gasteiger partial charge in [-0.15, -0.1) is 0 Å². The van der Waals surface area contributed by atoms with E-state index in [1.165, 1.54) is 5.56 Å². The molecule has 1 amide bonds. The highest BCUT2D eigenvalue weighted by atomic mass is 16.2. The fourth-order valence-corrected chi connectivity index (χ4v) is 2.98. The molecule has 0 bridgehead atoms. The lowest BCUT2D eigenvalue weighted by molar-refractivity contribution is -0.125. The molecule has 0 N–H and O–H groups in total. The number of amides is 1. The van der Waals surface area contributed by atoms with Crippen molar-refractivity contribution in [1.29, 1.82) is 0 Å². The molecule has 0 saturated heterocycles. The molecule has 1 aliphatic heterocycles. The molecular formula is C16H21NO. The van der Waals surface area contributed by atoms with E-state index in [9.17, 15) is 4.79 Å². The van der Waals surface area contributed by atoms with Gasteiger partial charge in [0.05, 0.1) is 11.1 Å². The van der Waals surface area contributed by atoms with E-state index < -0.39 is 5.41 Å². The van der Waals surface area contributed by atoms with E-state index in [1.807, 2.05) is 19.2 Å². The number of rotatable bonds is 2. The zero-order valence-corrected chi connectivity index (χ0v) is 11.7. The van der Waals surface area contributed by atoms with E-state index in [1.54, 1.807) is 4.90 Å². The Morgan fingerprint density at radius 2 is 1.89 bits per heavy atom. The van der Waals surface area contributed by atoms with Crippen LogP contribution in [0.5, 0.6) is 0 Å². The number of benzene rings is 1. The quantitative estimate of drug-likeness (QED) is 0.774. The Morgan fingerprint density at radius 3 is 2.44 bits per heavy atom. The Hall–Kier alpha value is -1.57. The summed E-state index contributed by atoms with van der Waals surface area (Å²) in [6.45, 7) is 10.4. The van der Waals surface area contributed by atoms with Crippen LogP contribution in [-0.4, -0.2) is 13.0 Å². The van der Waals surface area contributed by atoms with Crippen LogP contribution in [0.4, 0.5) is 5.69 Å². The topological polar surface area (TPSA) is 20.3 Å². The highest BCUT2D eigenvalue weighted by molar-refractivity contribution is 6.11. The smallest absolute Gasteiger partial charge is 0.237 e. The Kier molecular flexibility index (Phi) is 3.05. The molecule has 0 radical (unpaired) electrons. The molecule has 1 aliphatic rings. The molecule has 18 heavy (non-hydrogen) atoms. The summed E-state index contributed by atoms with van der Waals surface area (Å²) in [6.07, 6.45) is 1.61. The zero-order chi connectivity index (χ0) is 13.5. The minimum absolute atomic E-state index is 0.175. The number of hydrogen-bond donors (Lipinski definition) is 0. The number of carbonyl (C=O) groups is 1. The monoisotopic (exact) mass is 243 g/mol. The van der Waals surface area contributed by atoms with Crippen LogP contribution in [0.15, 0.2) is 24.8 Å². The first-order valence-electron chi connectivity index (χ1n) is 6.56. The summed E-state index contributed by atoms with van der Waals surface area (Å²) >= 11 is 0. The number of nitrogens with zero attached hydrogens (tertiary/aromatic N) is 1. The highest BCUT2D eigenvalue weighted by Gasteiger charge is 2.45. The third kappa shape index (κ3) is 1.52. The average Bonchev–Trinajstić information content (AvgIpc) is 2.38. The van der Waals surface area contributed by atoms with Crippen LogP contribution in [0.3, 0.4) is 0 Å². The molecule has 1 heterocycles. The predicted molar refractivity (Wildman–Crippen MR) is 76.6 cm³/mol. The lowest BCUT2D eigenvalue weighted by atomic mass is 9.69. The van der Waals surface area contributed by atoms with Crippen LogP contribution < -0.4 is 4.90 Å². The third-order valence-electron chi connectivity index (χ3n) is 4.34. The molecule has 0 saturated carbocycles. The normalized spacial score (nSPS) is 17.9. The Bertz CT molecular complexity index is 512. The van der Waals surface area contributed by atoms with Crippen molar-refractivity contribution >= 4 is 17.2 Å². The van der Waals surface area contributed by atoms with Crippen LogP contribution in [0, 0.1) is 12.3 Å². The van der Waals surface area contributed by atoms with Gasteiger partial charge in [0.1, 0.15) is 0 Å². The van der Waals surface area contributed by atoms with Crippen LogP contribution in [0.25, 0.3) is 5.57 Å². The van der Waals surface area contributed by atoms with Gasteiger partial charge in [-0.3, -0.25) is 4.79 Å². The second kappa shape index (κ2) is 4.27. The molecule has 0 unspecified atom stereocenters. The lowest BCUT2D eigenvalue weighted by Crippen LogP contribution is -2.46. The van der Waals surface area contributed by atoms with E-state index in [-0.39, 0.29) is 5.91 Å². The van der Waals surface area contributed by atoms with E-state index in [0.717, 1.165) is 29.7 Å². The number of carbonyl (C=O) groups excluding carboxylic acids is 1. The van der Waals surface area contributed by atoms with Gasteiger partial charge < -0.3 is 4.90 Å². The molecular weight excluding hydrogens is 222 g/mol. The zero-order valence-electron chi connectivity index (χ0n) is 11.7. The van der Waals surface area contributed by atoms with Crippen LogP contribution in [-0.2, 0) is 4.79 Å². The minimum atomic E-state index is -0.421. The number of hydrogen-bond acceptors (Lipinski definition) is 1. The van der Waals surface area contributed by atoms with Gasteiger partial charge in [-0.05, 0) is 37.5 Å². The Labute approximate surface area is 109 Å². The summed E-state index contributed by atoms with van der Waals surface area (Å²) in [5.74, 6) is 0.175. The van der Waals surface area contributed by atoms with Crippen molar-refractivity contribution in [2.24, 2.45) is 5.41 Å². The van der Waals surface area contributed by atoms with Gasteiger partial charge >= 0.3 is 0 Å². The van der Waals surface area contributed by atoms with Crippen LogP contribution in [0.2, 0.25) is 0 Å². The second-order valence-corrected chi connectivity index (χ2v) is 5.15. The molecule has 0 atom stereocenters. The summed E-state index contributed by atoms with van der Waals surface area (Å²) in [4.78, 5) is 14.4. The van der Waals surface area contributed by atoms with Gasteiger partial charge in [0.25, 0.3) is 0 Å². The van der Waals surface area contributed by atoms with E-state index in [2.05, 4.69) is 33.4 Å². The van der Waals surface area contributed by atoms with E-state index in [4.69, 9.17) is 0 Å². The number of aryl methyl sites for hydroxylation is 1. The van der Waals surface area contributed by atoms with Crippen molar-refractivity contribution in [3.63, 3.8) is 0 Å². The van der Waals surface area contributed by atoms with Crippen molar-refractivity contribution < 1.29 is 4.79 Å². The van der Waals surface area contributed by atoms with Gasteiger partial charge in [0.2, 0.25) is 5.91 Å². The van der Waals surface area contributed by atoms with Crippen molar-refractivity contribution in [2.75, 3.05) is 11.9 Å². The SMILES string of the molecule is C=C1c2cc(C)ccc2N(C)C(=O)C1(CC)CC. The van der Waals surface area contributed by atoms with Crippen LogP contribution >= 0.6 is 0 Å². The molecule has 2 nitrogen and oxygen atoms in total. The Balaban J connectivity index is 2.68. The van der Waals surface area contributed by atoms with Crippen molar-refractivity contribution in [1.82, 2.24) is 0 Å². The fraction of sp³-hybridized carbons (Fsp3) is 0.438. The van der Waals surface area contributed by atoms with E-state index in [0.29, 0.717) is 0 Å². The summed E-state index contributed by atoms with van der Waals surface area (Å²) in [5.41, 5.74) is 3.87. The summed E-state index contributed by atoms with van der Waals surface area (Å²) < 4.78 is 0. The van der Waals surface area contributed by atoms with E-state index >= 15 is 0 Å². The Morgan fingerprint density at radius 1 is 1.28 bits per heavy atom. The predicted octanol–water partition coefficient (Wildman–Crippen LogP) is 3.79. The molecule has 96 valence electrons. The number of fused-ring (bicyclic) bond motifs is 1. The largest absolute Gasteiger partial charge is 0.314 e. The summed E-state index contributed by atoms with van der Waals surface area (Å²) in [7, 11) is 1.86. The molecule has 0 fully saturated rings. The van der Waals surface area contributed by atoms with Crippen molar-refractivity contribution in [2.45, 2.75) is 33.6 Å².